The number of piperidine rings is 1. The molecule has 0 bridgehead atoms. The van der Waals surface area contributed by atoms with Gasteiger partial charge in [0.2, 0.25) is 5.91 Å². The van der Waals surface area contributed by atoms with Crippen molar-refractivity contribution in [3.05, 3.63) is 42.0 Å². The van der Waals surface area contributed by atoms with Crippen molar-refractivity contribution in [2.75, 3.05) is 19.6 Å². The zero-order valence-corrected chi connectivity index (χ0v) is 18.6. The number of likely N-dealkylation sites (tertiary alicyclic amines) is 1. The van der Waals surface area contributed by atoms with E-state index in [0.717, 1.165) is 50.3 Å². The van der Waals surface area contributed by atoms with Gasteiger partial charge in [0.05, 0.1) is 6.67 Å². The van der Waals surface area contributed by atoms with Crippen molar-refractivity contribution in [1.29, 1.82) is 0 Å². The minimum absolute atomic E-state index is 0.111. The van der Waals surface area contributed by atoms with Gasteiger partial charge in [-0.3, -0.25) is 19.2 Å². The molecule has 0 atom stereocenters. The number of pyridine rings is 1. The first-order valence-corrected chi connectivity index (χ1v) is 11.2. The first-order chi connectivity index (χ1) is 14.6. The molecule has 1 N–H and O–H groups in total. The van der Waals surface area contributed by atoms with Gasteiger partial charge in [-0.25, -0.2) is 4.68 Å². The summed E-state index contributed by atoms with van der Waals surface area (Å²) < 4.78 is 4.52. The van der Waals surface area contributed by atoms with E-state index in [2.05, 4.69) is 28.7 Å². The van der Waals surface area contributed by atoms with Crippen LogP contribution in [0.25, 0.3) is 11.4 Å². The number of rotatable bonds is 10. The lowest BCUT2D eigenvalue weighted by atomic mass is 9.96. The highest BCUT2D eigenvalue weighted by atomic mass is 32.1. The lowest BCUT2D eigenvalue weighted by Gasteiger charge is -2.30. The molecule has 0 unspecified atom stereocenters. The molecule has 2 aromatic heterocycles. The molecular formula is C22H32N6OS. The zero-order valence-electron chi connectivity index (χ0n) is 17.8. The minimum Gasteiger partial charge on any atom is -0.356 e. The number of carbonyl (C=O) groups is 1. The van der Waals surface area contributed by atoms with E-state index in [1.807, 2.05) is 27.5 Å². The molecule has 0 aliphatic carbocycles. The van der Waals surface area contributed by atoms with E-state index in [0.29, 0.717) is 18.0 Å². The molecule has 1 saturated heterocycles. The van der Waals surface area contributed by atoms with Crippen LogP contribution in [0.15, 0.2) is 37.2 Å². The van der Waals surface area contributed by atoms with Crippen molar-refractivity contribution in [3.63, 3.8) is 0 Å². The van der Waals surface area contributed by atoms with Crippen molar-refractivity contribution in [3.8, 4) is 11.4 Å². The van der Waals surface area contributed by atoms with Crippen LogP contribution in [-0.4, -0.2) is 49.8 Å². The smallest absolute Gasteiger partial charge is 0.223 e. The van der Waals surface area contributed by atoms with Gasteiger partial charge in [-0.05, 0) is 43.6 Å². The Morgan fingerprint density at radius 3 is 2.83 bits per heavy atom. The number of hydrogen-bond donors (Lipinski definition) is 1. The number of aromatic nitrogens is 4. The van der Waals surface area contributed by atoms with Crippen LogP contribution in [-0.2, 0) is 18.0 Å². The highest BCUT2D eigenvalue weighted by molar-refractivity contribution is 7.71. The van der Waals surface area contributed by atoms with Gasteiger partial charge in [0.1, 0.15) is 0 Å². The van der Waals surface area contributed by atoms with Crippen LogP contribution in [0, 0.1) is 10.7 Å². The summed E-state index contributed by atoms with van der Waals surface area (Å²) in [5.41, 5.74) is 0.933. The third-order valence-corrected chi connectivity index (χ3v) is 5.96. The molecule has 7 nitrogen and oxygen atoms in total. The van der Waals surface area contributed by atoms with Gasteiger partial charge in [0, 0.05) is 50.1 Å². The molecule has 1 aliphatic rings. The molecule has 1 amide bonds. The van der Waals surface area contributed by atoms with Crippen molar-refractivity contribution in [2.24, 2.45) is 5.92 Å². The van der Waals surface area contributed by atoms with E-state index in [-0.39, 0.29) is 11.8 Å². The Morgan fingerprint density at radius 1 is 1.37 bits per heavy atom. The van der Waals surface area contributed by atoms with Crippen molar-refractivity contribution < 1.29 is 4.79 Å². The van der Waals surface area contributed by atoms with Crippen molar-refractivity contribution in [1.82, 2.24) is 29.5 Å². The SMILES string of the molecule is C=CCn1c(-c2cccnc2)nn(CN2CCC(C(=O)NCCCCC)CC2)c1=S. The fourth-order valence-corrected chi connectivity index (χ4v) is 4.05. The molecule has 0 aromatic carbocycles. The van der Waals surface area contributed by atoms with Crippen LogP contribution in [0.1, 0.15) is 39.0 Å². The molecule has 162 valence electrons. The third-order valence-electron chi connectivity index (χ3n) is 5.53. The predicted molar refractivity (Wildman–Crippen MR) is 121 cm³/mol. The molecule has 1 aliphatic heterocycles. The van der Waals surface area contributed by atoms with Gasteiger partial charge >= 0.3 is 0 Å². The van der Waals surface area contributed by atoms with E-state index in [4.69, 9.17) is 17.3 Å². The van der Waals surface area contributed by atoms with Gasteiger partial charge in [-0.15, -0.1) is 6.58 Å². The van der Waals surface area contributed by atoms with E-state index in [1.54, 1.807) is 12.4 Å². The highest BCUT2D eigenvalue weighted by Crippen LogP contribution is 2.20. The summed E-state index contributed by atoms with van der Waals surface area (Å²) in [4.78, 5) is 18.9. The summed E-state index contributed by atoms with van der Waals surface area (Å²) in [5, 5.41) is 7.87. The van der Waals surface area contributed by atoms with Crippen LogP contribution in [0.5, 0.6) is 0 Å². The van der Waals surface area contributed by atoms with Crippen LogP contribution in [0.4, 0.5) is 0 Å². The molecule has 0 saturated carbocycles. The molecule has 2 aromatic rings. The molecule has 1 fully saturated rings. The molecule has 3 heterocycles. The summed E-state index contributed by atoms with van der Waals surface area (Å²) in [6, 6.07) is 3.88. The molecule has 3 rings (SSSR count). The number of nitrogens with one attached hydrogen (secondary N) is 1. The molecular weight excluding hydrogens is 396 g/mol. The summed E-state index contributed by atoms with van der Waals surface area (Å²) in [6.45, 7) is 9.77. The summed E-state index contributed by atoms with van der Waals surface area (Å²) in [5.74, 6) is 1.12. The van der Waals surface area contributed by atoms with Crippen LogP contribution >= 0.6 is 12.2 Å². The van der Waals surface area contributed by atoms with E-state index in [1.165, 1.54) is 12.8 Å². The van der Waals surface area contributed by atoms with E-state index < -0.39 is 0 Å². The Kier molecular flexibility index (Phi) is 8.33. The normalized spacial score (nSPS) is 15.2. The van der Waals surface area contributed by atoms with Crippen LogP contribution in [0.2, 0.25) is 0 Å². The first kappa shape index (κ1) is 22.4. The van der Waals surface area contributed by atoms with Gasteiger partial charge in [-0.1, -0.05) is 25.8 Å². The summed E-state index contributed by atoms with van der Waals surface area (Å²) in [7, 11) is 0. The lowest BCUT2D eigenvalue weighted by molar-refractivity contribution is -0.126. The first-order valence-electron chi connectivity index (χ1n) is 10.8. The maximum Gasteiger partial charge on any atom is 0.223 e. The monoisotopic (exact) mass is 428 g/mol. The van der Waals surface area contributed by atoms with E-state index >= 15 is 0 Å². The van der Waals surface area contributed by atoms with Crippen LogP contribution in [0.3, 0.4) is 0 Å². The minimum atomic E-state index is 0.111. The Morgan fingerprint density at radius 2 is 2.17 bits per heavy atom. The summed E-state index contributed by atoms with van der Waals surface area (Å²) >= 11 is 5.69. The number of nitrogens with zero attached hydrogens (tertiary/aromatic N) is 5. The fraction of sp³-hybridized carbons (Fsp3) is 0.545. The van der Waals surface area contributed by atoms with Gasteiger partial charge < -0.3 is 5.32 Å². The second-order valence-corrected chi connectivity index (χ2v) is 8.14. The van der Waals surface area contributed by atoms with Crippen molar-refractivity contribution in [2.45, 2.75) is 52.2 Å². The average molecular weight is 429 g/mol. The molecule has 8 heteroatoms. The standard InChI is InChI=1S/C22H32N6OS/c1-3-5-6-12-24-21(29)18-9-14-26(15-10-18)17-28-22(30)27(13-4-2)20(25-28)19-8-7-11-23-16-19/h4,7-8,11,16,18H,2-3,5-6,9-10,12-15,17H2,1H3,(H,24,29). The van der Waals surface area contributed by atoms with E-state index in [9.17, 15) is 4.79 Å². The lowest BCUT2D eigenvalue weighted by Crippen LogP contribution is -2.41. The summed E-state index contributed by atoms with van der Waals surface area (Å²) in [6.07, 6.45) is 10.5. The quantitative estimate of drug-likeness (QED) is 0.355. The van der Waals surface area contributed by atoms with Gasteiger partial charge in [0.15, 0.2) is 10.6 Å². The van der Waals surface area contributed by atoms with Crippen LogP contribution < -0.4 is 5.32 Å². The highest BCUT2D eigenvalue weighted by Gasteiger charge is 2.25. The Balaban J connectivity index is 1.60. The molecule has 0 spiro atoms. The zero-order chi connectivity index (χ0) is 21.3. The van der Waals surface area contributed by atoms with Gasteiger partial charge in [-0.2, -0.15) is 5.10 Å². The third kappa shape index (κ3) is 5.64. The number of allylic oxidation sites excluding steroid dienone is 1. The Hall–Kier alpha value is -2.32. The largest absolute Gasteiger partial charge is 0.356 e. The number of amides is 1. The second-order valence-electron chi connectivity index (χ2n) is 7.78. The fourth-order valence-electron chi connectivity index (χ4n) is 3.79. The van der Waals surface area contributed by atoms with Crippen molar-refractivity contribution >= 4 is 18.1 Å². The second kappa shape index (κ2) is 11.2. The topological polar surface area (TPSA) is 68.0 Å². The molecule has 30 heavy (non-hydrogen) atoms. The predicted octanol–water partition coefficient (Wildman–Crippen LogP) is 3.64. The van der Waals surface area contributed by atoms with Gasteiger partial charge in [0.25, 0.3) is 0 Å². The number of unbranched alkanes of at least 4 members (excludes halogenated alkanes) is 2. The maximum absolute atomic E-state index is 12.4. The Bertz CT molecular complexity index is 883. The molecule has 0 radical (unpaired) electrons. The average Bonchev–Trinajstić information content (AvgIpc) is 3.08. The number of hydrogen-bond acceptors (Lipinski definition) is 5. The Labute approximate surface area is 183 Å². The number of carbonyl (C=O) groups excluding carboxylic acids is 1. The maximum atomic E-state index is 12.4.